The van der Waals surface area contributed by atoms with Crippen LogP contribution in [0.1, 0.15) is 20.8 Å². The minimum atomic E-state index is -0.0162. The first-order valence-electron chi connectivity index (χ1n) is 7.08. The first-order valence-corrected chi connectivity index (χ1v) is 7.08. The average Bonchev–Trinajstić information content (AvgIpc) is 2.64. The van der Waals surface area contributed by atoms with Crippen molar-refractivity contribution in [3.8, 4) is 6.07 Å². The van der Waals surface area contributed by atoms with E-state index in [2.05, 4.69) is 17.9 Å². The lowest BCUT2D eigenvalue weighted by atomic mass is 9.88. The van der Waals surface area contributed by atoms with E-state index >= 15 is 0 Å². The summed E-state index contributed by atoms with van der Waals surface area (Å²) in [6.07, 6.45) is 0.165. The molecule has 0 spiro atoms. The van der Waals surface area contributed by atoms with Gasteiger partial charge in [0, 0.05) is 26.2 Å². The van der Waals surface area contributed by atoms with Crippen LogP contribution in [0, 0.1) is 23.2 Å². The number of hydrogen-bond donors (Lipinski definition) is 0. The maximum Gasteiger partial charge on any atom is 0.228 e. The Bertz CT molecular complexity index is 371. The molecule has 2 aliphatic heterocycles. The molecule has 4 unspecified atom stereocenters. The number of nitriles is 1. The predicted molar refractivity (Wildman–Crippen MR) is 71.3 cm³/mol. The summed E-state index contributed by atoms with van der Waals surface area (Å²) in [4.78, 5) is 16.6. The third-order valence-electron chi connectivity index (χ3n) is 4.51. The van der Waals surface area contributed by atoms with Crippen molar-refractivity contribution in [2.24, 2.45) is 11.8 Å². The molecule has 5 nitrogen and oxygen atoms in total. The van der Waals surface area contributed by atoms with E-state index in [1.54, 1.807) is 0 Å². The van der Waals surface area contributed by atoms with Gasteiger partial charge < -0.3 is 9.64 Å². The minimum Gasteiger partial charge on any atom is -0.374 e. The largest absolute Gasteiger partial charge is 0.374 e. The molecule has 0 radical (unpaired) electrons. The second-order valence-corrected chi connectivity index (χ2v) is 5.69. The van der Waals surface area contributed by atoms with Crippen LogP contribution in [-0.2, 0) is 9.53 Å². The van der Waals surface area contributed by atoms with E-state index in [0.29, 0.717) is 6.54 Å². The Kier molecular flexibility index (Phi) is 4.43. The van der Waals surface area contributed by atoms with Crippen molar-refractivity contribution in [3.05, 3.63) is 0 Å². The van der Waals surface area contributed by atoms with E-state index in [1.807, 2.05) is 18.7 Å². The van der Waals surface area contributed by atoms with Crippen LogP contribution in [0.25, 0.3) is 0 Å². The Morgan fingerprint density at radius 1 is 1.21 bits per heavy atom. The van der Waals surface area contributed by atoms with Crippen LogP contribution in [-0.4, -0.2) is 60.6 Å². The van der Waals surface area contributed by atoms with Crippen LogP contribution in [0.3, 0.4) is 0 Å². The maximum atomic E-state index is 12.6. The fourth-order valence-corrected chi connectivity index (χ4v) is 3.13. The van der Waals surface area contributed by atoms with Crippen LogP contribution in [0.2, 0.25) is 0 Å². The van der Waals surface area contributed by atoms with Gasteiger partial charge in [-0.2, -0.15) is 5.26 Å². The normalized spacial score (nSPS) is 36.2. The summed E-state index contributed by atoms with van der Waals surface area (Å²) in [5.74, 6) is 0.484. The summed E-state index contributed by atoms with van der Waals surface area (Å²) in [5, 5.41) is 8.68. The van der Waals surface area contributed by atoms with E-state index in [-0.39, 0.29) is 30.0 Å². The quantitative estimate of drug-likeness (QED) is 0.690. The smallest absolute Gasteiger partial charge is 0.228 e. The van der Waals surface area contributed by atoms with Crippen molar-refractivity contribution in [3.63, 3.8) is 0 Å². The van der Waals surface area contributed by atoms with Gasteiger partial charge in [0.25, 0.3) is 0 Å². The summed E-state index contributed by atoms with van der Waals surface area (Å²) in [7, 11) is 0. The van der Waals surface area contributed by atoms with Crippen LogP contribution in [0.5, 0.6) is 0 Å². The van der Waals surface area contributed by atoms with E-state index in [0.717, 1.165) is 26.2 Å². The summed E-state index contributed by atoms with van der Waals surface area (Å²) in [6, 6.07) is 2.16. The number of carbonyl (C=O) groups excluding carboxylic acids is 1. The van der Waals surface area contributed by atoms with E-state index in [9.17, 15) is 4.79 Å². The van der Waals surface area contributed by atoms with Gasteiger partial charge in [-0.3, -0.25) is 9.69 Å². The standard InChI is InChI=1S/C14H23N3O2/c1-10-11(2)19-12(3)13(10)14(18)17-8-6-16(5-4-15)7-9-17/h10-13H,5-9H2,1-3H3. The Morgan fingerprint density at radius 3 is 2.32 bits per heavy atom. The topological polar surface area (TPSA) is 56.6 Å². The van der Waals surface area contributed by atoms with Crippen LogP contribution in [0.4, 0.5) is 0 Å². The van der Waals surface area contributed by atoms with Crippen LogP contribution >= 0.6 is 0 Å². The van der Waals surface area contributed by atoms with Gasteiger partial charge in [-0.05, 0) is 19.8 Å². The van der Waals surface area contributed by atoms with Gasteiger partial charge in [-0.1, -0.05) is 6.92 Å². The lowest BCUT2D eigenvalue weighted by Gasteiger charge is -2.35. The zero-order valence-corrected chi connectivity index (χ0v) is 12.0. The Balaban J connectivity index is 1.93. The molecule has 0 aromatic carbocycles. The average molecular weight is 265 g/mol. The molecule has 4 atom stereocenters. The van der Waals surface area contributed by atoms with Crippen molar-refractivity contribution < 1.29 is 9.53 Å². The predicted octanol–water partition coefficient (Wildman–Crippen LogP) is 0.714. The molecule has 0 aromatic rings. The van der Waals surface area contributed by atoms with Crippen molar-refractivity contribution in [1.29, 1.82) is 5.26 Å². The molecule has 2 aliphatic rings. The number of rotatable bonds is 2. The second-order valence-electron chi connectivity index (χ2n) is 5.69. The number of piperazine rings is 1. The monoisotopic (exact) mass is 265 g/mol. The summed E-state index contributed by atoms with van der Waals surface area (Å²) >= 11 is 0. The molecular weight excluding hydrogens is 242 g/mol. The summed E-state index contributed by atoms with van der Waals surface area (Å²) in [5.41, 5.74) is 0. The molecule has 19 heavy (non-hydrogen) atoms. The summed E-state index contributed by atoms with van der Waals surface area (Å²) < 4.78 is 5.76. The Hall–Kier alpha value is -1.12. The first kappa shape index (κ1) is 14.3. The second kappa shape index (κ2) is 5.89. The SMILES string of the molecule is CC1OC(C)C(C(=O)N2CCN(CC#N)CC2)C1C. The molecule has 0 saturated carbocycles. The number of hydrogen-bond acceptors (Lipinski definition) is 4. The van der Waals surface area contributed by atoms with Gasteiger partial charge in [0.05, 0.1) is 30.7 Å². The molecule has 0 aromatic heterocycles. The fourth-order valence-electron chi connectivity index (χ4n) is 3.13. The van der Waals surface area contributed by atoms with Gasteiger partial charge in [0.1, 0.15) is 0 Å². The van der Waals surface area contributed by atoms with Gasteiger partial charge >= 0.3 is 0 Å². The van der Waals surface area contributed by atoms with E-state index < -0.39 is 0 Å². The highest BCUT2D eigenvalue weighted by molar-refractivity contribution is 5.80. The summed E-state index contributed by atoms with van der Waals surface area (Å²) in [6.45, 7) is 9.64. The van der Waals surface area contributed by atoms with Crippen molar-refractivity contribution in [1.82, 2.24) is 9.80 Å². The van der Waals surface area contributed by atoms with E-state index in [1.165, 1.54) is 0 Å². The molecule has 2 heterocycles. The van der Waals surface area contributed by atoms with Crippen molar-refractivity contribution in [2.45, 2.75) is 33.0 Å². The molecule has 2 fully saturated rings. The molecule has 2 rings (SSSR count). The van der Waals surface area contributed by atoms with E-state index in [4.69, 9.17) is 10.00 Å². The fraction of sp³-hybridized carbons (Fsp3) is 0.857. The molecule has 1 amide bonds. The number of nitrogens with zero attached hydrogens (tertiary/aromatic N) is 3. The maximum absolute atomic E-state index is 12.6. The van der Waals surface area contributed by atoms with Gasteiger partial charge in [0.15, 0.2) is 0 Å². The van der Waals surface area contributed by atoms with Gasteiger partial charge in [-0.15, -0.1) is 0 Å². The van der Waals surface area contributed by atoms with Crippen LogP contribution in [0.15, 0.2) is 0 Å². The highest BCUT2D eigenvalue weighted by atomic mass is 16.5. The Morgan fingerprint density at radius 2 is 1.84 bits per heavy atom. The molecule has 0 aliphatic carbocycles. The molecule has 0 bridgehead atoms. The number of amides is 1. The number of carbonyl (C=O) groups is 1. The zero-order valence-electron chi connectivity index (χ0n) is 12.0. The zero-order chi connectivity index (χ0) is 14.0. The third kappa shape index (κ3) is 2.90. The molecule has 106 valence electrons. The van der Waals surface area contributed by atoms with Crippen LogP contribution < -0.4 is 0 Å². The molecule has 2 saturated heterocycles. The van der Waals surface area contributed by atoms with Gasteiger partial charge in [-0.25, -0.2) is 0 Å². The van der Waals surface area contributed by atoms with Gasteiger partial charge in [0.2, 0.25) is 5.91 Å². The lowest BCUT2D eigenvalue weighted by molar-refractivity contribution is -0.139. The molecular formula is C14H23N3O2. The van der Waals surface area contributed by atoms with Crippen molar-refractivity contribution in [2.75, 3.05) is 32.7 Å². The lowest BCUT2D eigenvalue weighted by Crippen LogP contribution is -2.51. The molecule has 0 N–H and O–H groups in total. The molecule has 5 heteroatoms. The highest BCUT2D eigenvalue weighted by Crippen LogP contribution is 2.33. The third-order valence-corrected chi connectivity index (χ3v) is 4.51. The highest BCUT2D eigenvalue weighted by Gasteiger charge is 2.43. The minimum absolute atomic E-state index is 0.00892. The number of ether oxygens (including phenoxy) is 1. The van der Waals surface area contributed by atoms with Crippen molar-refractivity contribution >= 4 is 5.91 Å². The first-order chi connectivity index (χ1) is 9.04. The Labute approximate surface area is 115 Å².